The van der Waals surface area contributed by atoms with Crippen LogP contribution in [0.1, 0.15) is 5.56 Å². The first-order chi connectivity index (χ1) is 13.2. The van der Waals surface area contributed by atoms with Crippen molar-refractivity contribution in [2.75, 3.05) is 18.2 Å². The smallest absolute Gasteiger partial charge is 0.225 e. The molecule has 0 atom stereocenters. The second-order valence-electron chi connectivity index (χ2n) is 6.05. The summed E-state index contributed by atoms with van der Waals surface area (Å²) in [5.41, 5.74) is 9.38. The molecule has 3 heterocycles. The van der Waals surface area contributed by atoms with Crippen molar-refractivity contribution in [1.82, 2.24) is 24.7 Å². The lowest BCUT2D eigenvalue weighted by atomic mass is 10.1. The van der Waals surface area contributed by atoms with E-state index in [-0.39, 0.29) is 0 Å². The molecule has 0 aliphatic carbocycles. The minimum absolute atomic E-state index is 0.474. The molecule has 8 heteroatoms. The summed E-state index contributed by atoms with van der Waals surface area (Å²) in [6, 6.07) is 11.6. The standard InChI is InChI=1S/C19H19N7O/c1-26-17(20)15-16(13-6-3-7-14(9-13)27-2)23-19(24-18(15)25-26)22-11-12-5-4-8-21-10-12/h3-10H,11,20H2,1-2H3,(H,22,24,25). The van der Waals surface area contributed by atoms with Gasteiger partial charge in [0.25, 0.3) is 0 Å². The van der Waals surface area contributed by atoms with Gasteiger partial charge in [0.2, 0.25) is 5.95 Å². The van der Waals surface area contributed by atoms with Gasteiger partial charge in [0, 0.05) is 31.5 Å². The zero-order valence-corrected chi connectivity index (χ0v) is 15.0. The van der Waals surface area contributed by atoms with Crippen LogP contribution >= 0.6 is 0 Å². The average molecular weight is 361 g/mol. The van der Waals surface area contributed by atoms with E-state index in [9.17, 15) is 0 Å². The Labute approximate surface area is 156 Å². The third-order valence-electron chi connectivity index (χ3n) is 4.26. The molecular weight excluding hydrogens is 342 g/mol. The Kier molecular flexibility index (Phi) is 4.29. The van der Waals surface area contributed by atoms with Gasteiger partial charge in [0.1, 0.15) is 11.6 Å². The highest BCUT2D eigenvalue weighted by atomic mass is 16.5. The van der Waals surface area contributed by atoms with E-state index in [4.69, 9.17) is 15.5 Å². The van der Waals surface area contributed by atoms with Gasteiger partial charge in [-0.15, -0.1) is 0 Å². The maximum atomic E-state index is 6.22. The maximum absolute atomic E-state index is 6.22. The fourth-order valence-electron chi connectivity index (χ4n) is 2.86. The van der Waals surface area contributed by atoms with Crippen molar-refractivity contribution in [3.63, 3.8) is 0 Å². The van der Waals surface area contributed by atoms with Crippen molar-refractivity contribution in [1.29, 1.82) is 0 Å². The molecule has 0 aliphatic heterocycles. The van der Waals surface area contributed by atoms with E-state index >= 15 is 0 Å². The summed E-state index contributed by atoms with van der Waals surface area (Å²) in [5, 5.41) is 8.37. The molecule has 0 saturated carbocycles. The number of rotatable bonds is 5. The summed E-state index contributed by atoms with van der Waals surface area (Å²) >= 11 is 0. The Balaban J connectivity index is 1.80. The van der Waals surface area contributed by atoms with Crippen LogP contribution in [0.15, 0.2) is 48.8 Å². The van der Waals surface area contributed by atoms with Crippen molar-refractivity contribution in [2.45, 2.75) is 6.54 Å². The van der Waals surface area contributed by atoms with Crippen LogP contribution in [-0.2, 0) is 13.6 Å². The van der Waals surface area contributed by atoms with Gasteiger partial charge in [0.05, 0.1) is 18.2 Å². The van der Waals surface area contributed by atoms with Crippen molar-refractivity contribution in [3.8, 4) is 17.0 Å². The Morgan fingerprint density at radius 2 is 2.07 bits per heavy atom. The number of aromatic nitrogens is 5. The number of hydrogen-bond acceptors (Lipinski definition) is 7. The van der Waals surface area contributed by atoms with Crippen LogP contribution in [-0.4, -0.2) is 31.8 Å². The van der Waals surface area contributed by atoms with E-state index in [0.717, 1.165) is 22.3 Å². The number of hydrogen-bond donors (Lipinski definition) is 2. The summed E-state index contributed by atoms with van der Waals surface area (Å²) in [5.74, 6) is 1.73. The van der Waals surface area contributed by atoms with Crippen molar-refractivity contribution >= 4 is 22.8 Å². The first-order valence-corrected chi connectivity index (χ1v) is 8.43. The highest BCUT2D eigenvalue weighted by molar-refractivity contribution is 5.99. The van der Waals surface area contributed by atoms with Crippen molar-refractivity contribution in [2.24, 2.45) is 7.05 Å². The quantitative estimate of drug-likeness (QED) is 0.563. The molecule has 0 radical (unpaired) electrons. The van der Waals surface area contributed by atoms with E-state index in [0.29, 0.717) is 29.7 Å². The Morgan fingerprint density at radius 1 is 1.19 bits per heavy atom. The monoisotopic (exact) mass is 361 g/mol. The van der Waals surface area contributed by atoms with Gasteiger partial charge in [-0.25, -0.2) is 4.98 Å². The molecule has 136 valence electrons. The van der Waals surface area contributed by atoms with Crippen molar-refractivity contribution in [3.05, 3.63) is 54.4 Å². The Morgan fingerprint density at radius 3 is 2.85 bits per heavy atom. The summed E-state index contributed by atoms with van der Waals surface area (Å²) in [7, 11) is 3.42. The maximum Gasteiger partial charge on any atom is 0.225 e. The minimum atomic E-state index is 0.474. The molecular formula is C19H19N7O. The van der Waals surface area contributed by atoms with Gasteiger partial charge in [-0.05, 0) is 23.8 Å². The Hall–Kier alpha value is -3.68. The van der Waals surface area contributed by atoms with Crippen LogP contribution in [0.3, 0.4) is 0 Å². The van der Waals surface area contributed by atoms with Gasteiger partial charge in [-0.3, -0.25) is 9.67 Å². The number of nitrogens with one attached hydrogen (secondary N) is 1. The molecule has 0 bridgehead atoms. The average Bonchev–Trinajstić information content (AvgIpc) is 3.00. The predicted octanol–water partition coefficient (Wildman–Crippen LogP) is 2.63. The van der Waals surface area contributed by atoms with Crippen molar-refractivity contribution < 1.29 is 4.74 Å². The molecule has 0 fully saturated rings. The summed E-state index contributed by atoms with van der Waals surface area (Å²) in [6.45, 7) is 0.555. The highest BCUT2D eigenvalue weighted by Crippen LogP contribution is 2.32. The zero-order chi connectivity index (χ0) is 18.8. The predicted molar refractivity (Wildman–Crippen MR) is 104 cm³/mol. The van der Waals surface area contributed by atoms with Crippen LogP contribution in [0.2, 0.25) is 0 Å². The molecule has 0 aliphatic rings. The Bertz CT molecular complexity index is 1090. The first kappa shape index (κ1) is 16.8. The summed E-state index contributed by atoms with van der Waals surface area (Å²) in [6.07, 6.45) is 3.54. The van der Waals surface area contributed by atoms with E-state index in [1.165, 1.54) is 0 Å². The number of methoxy groups -OCH3 is 1. The number of nitrogen functional groups attached to an aromatic ring is 1. The number of benzene rings is 1. The van der Waals surface area contributed by atoms with E-state index in [1.807, 2.05) is 36.4 Å². The van der Waals surface area contributed by atoms with Gasteiger partial charge < -0.3 is 15.8 Å². The van der Waals surface area contributed by atoms with Gasteiger partial charge in [-0.2, -0.15) is 10.1 Å². The van der Waals surface area contributed by atoms with Crippen LogP contribution in [0.5, 0.6) is 5.75 Å². The molecule has 0 amide bonds. The second-order valence-corrected chi connectivity index (χ2v) is 6.05. The SMILES string of the molecule is COc1cccc(-c2nc(NCc3cccnc3)nc3nn(C)c(N)c23)c1. The molecule has 27 heavy (non-hydrogen) atoms. The van der Waals surface area contributed by atoms with Crippen LogP contribution in [0.25, 0.3) is 22.3 Å². The molecule has 0 spiro atoms. The van der Waals surface area contributed by atoms with Gasteiger partial charge in [0.15, 0.2) is 5.65 Å². The van der Waals surface area contributed by atoms with E-state index in [2.05, 4.69) is 20.4 Å². The molecule has 4 rings (SSSR count). The third kappa shape index (κ3) is 3.24. The minimum Gasteiger partial charge on any atom is -0.497 e. The number of anilines is 2. The van der Waals surface area contributed by atoms with Gasteiger partial charge >= 0.3 is 0 Å². The molecule has 8 nitrogen and oxygen atoms in total. The van der Waals surface area contributed by atoms with E-state index in [1.54, 1.807) is 31.2 Å². The third-order valence-corrected chi connectivity index (χ3v) is 4.26. The lowest BCUT2D eigenvalue weighted by Crippen LogP contribution is -2.05. The highest BCUT2D eigenvalue weighted by Gasteiger charge is 2.17. The molecule has 3 aromatic heterocycles. The molecule has 3 N–H and O–H groups in total. The fraction of sp³-hybridized carbons (Fsp3) is 0.158. The largest absolute Gasteiger partial charge is 0.497 e. The van der Waals surface area contributed by atoms with Gasteiger partial charge in [-0.1, -0.05) is 18.2 Å². The number of nitrogens with zero attached hydrogens (tertiary/aromatic N) is 5. The topological polar surface area (TPSA) is 104 Å². The lowest BCUT2D eigenvalue weighted by molar-refractivity contribution is 0.415. The molecule has 1 aromatic carbocycles. The lowest BCUT2D eigenvalue weighted by Gasteiger charge is -2.09. The first-order valence-electron chi connectivity index (χ1n) is 8.43. The fourth-order valence-corrected chi connectivity index (χ4v) is 2.86. The molecule has 4 aromatic rings. The number of nitrogens with two attached hydrogens (primary N) is 1. The normalized spacial score (nSPS) is 10.9. The molecule has 0 unspecified atom stereocenters. The number of pyridine rings is 1. The summed E-state index contributed by atoms with van der Waals surface area (Å²) < 4.78 is 6.95. The van der Waals surface area contributed by atoms with Crippen LogP contribution in [0, 0.1) is 0 Å². The number of ether oxygens (including phenoxy) is 1. The van der Waals surface area contributed by atoms with E-state index < -0.39 is 0 Å². The van der Waals surface area contributed by atoms with Crippen LogP contribution in [0.4, 0.5) is 11.8 Å². The molecule has 0 saturated heterocycles. The second kappa shape index (κ2) is 6.91. The number of fused-ring (bicyclic) bond motifs is 1. The number of aryl methyl sites for hydroxylation is 1. The zero-order valence-electron chi connectivity index (χ0n) is 15.0. The van der Waals surface area contributed by atoms with Crippen LogP contribution < -0.4 is 15.8 Å². The summed E-state index contributed by atoms with van der Waals surface area (Å²) in [4.78, 5) is 13.3.